The standard InChI is InChI=1S/C22H25N5O2S/c1-16-7-9-18(10-8-16)30-21-12-11-19-24-26(22(29)27(19)25-21)15-20(28)23-14-13-17-5-3-2-4-6-17/h5,7-12H,2-4,6,13-15H2,1H3,(H,23,28). The molecule has 1 aliphatic carbocycles. The largest absolute Gasteiger partial charge is 0.367 e. The highest BCUT2D eigenvalue weighted by molar-refractivity contribution is 7.99. The number of aryl methyl sites for hydroxylation is 1. The van der Waals surface area contributed by atoms with Gasteiger partial charge in [-0.1, -0.05) is 41.1 Å². The summed E-state index contributed by atoms with van der Waals surface area (Å²) in [6, 6.07) is 11.7. The highest BCUT2D eigenvalue weighted by Crippen LogP contribution is 2.25. The molecule has 30 heavy (non-hydrogen) atoms. The molecule has 156 valence electrons. The molecular formula is C22H25N5O2S. The molecule has 0 radical (unpaired) electrons. The van der Waals surface area contributed by atoms with Gasteiger partial charge >= 0.3 is 5.69 Å². The van der Waals surface area contributed by atoms with Crippen LogP contribution in [0, 0.1) is 6.92 Å². The zero-order valence-electron chi connectivity index (χ0n) is 17.0. The van der Waals surface area contributed by atoms with Crippen molar-refractivity contribution >= 4 is 23.3 Å². The molecule has 7 nitrogen and oxygen atoms in total. The zero-order chi connectivity index (χ0) is 20.9. The number of hydrogen-bond donors (Lipinski definition) is 1. The highest BCUT2D eigenvalue weighted by atomic mass is 32.2. The number of aromatic nitrogens is 4. The topological polar surface area (TPSA) is 81.3 Å². The molecule has 0 saturated carbocycles. The average Bonchev–Trinajstić information content (AvgIpc) is 3.05. The summed E-state index contributed by atoms with van der Waals surface area (Å²) in [7, 11) is 0. The summed E-state index contributed by atoms with van der Waals surface area (Å²) in [4.78, 5) is 25.9. The van der Waals surface area contributed by atoms with Crippen molar-refractivity contribution in [1.82, 2.24) is 24.7 Å². The van der Waals surface area contributed by atoms with E-state index in [-0.39, 0.29) is 12.5 Å². The van der Waals surface area contributed by atoms with Crippen LogP contribution in [-0.4, -0.2) is 31.8 Å². The molecule has 1 amide bonds. The van der Waals surface area contributed by atoms with Crippen molar-refractivity contribution in [3.05, 3.63) is 64.1 Å². The van der Waals surface area contributed by atoms with E-state index >= 15 is 0 Å². The normalized spacial score (nSPS) is 14.0. The van der Waals surface area contributed by atoms with Crippen molar-refractivity contribution in [2.75, 3.05) is 6.54 Å². The van der Waals surface area contributed by atoms with E-state index in [1.54, 1.807) is 6.07 Å². The van der Waals surface area contributed by atoms with E-state index in [9.17, 15) is 9.59 Å². The molecule has 0 bridgehead atoms. The van der Waals surface area contributed by atoms with E-state index < -0.39 is 5.69 Å². The SMILES string of the molecule is Cc1ccc(Sc2ccc3nn(CC(=O)NCCC4=CCCCC4)c(=O)n3n2)cc1. The number of rotatable bonds is 7. The van der Waals surface area contributed by atoms with Gasteiger partial charge in [0.25, 0.3) is 0 Å². The number of nitrogens with zero attached hydrogens (tertiary/aromatic N) is 4. The van der Waals surface area contributed by atoms with Gasteiger partial charge in [0.1, 0.15) is 11.6 Å². The fraction of sp³-hybridized carbons (Fsp3) is 0.364. The first kappa shape index (κ1) is 20.4. The Bertz CT molecular complexity index is 1130. The second-order valence-electron chi connectivity index (χ2n) is 7.51. The minimum Gasteiger partial charge on any atom is -0.354 e. The molecule has 8 heteroatoms. The van der Waals surface area contributed by atoms with E-state index in [1.165, 1.54) is 40.3 Å². The molecule has 2 aromatic heterocycles. The van der Waals surface area contributed by atoms with Crippen LogP contribution in [0.2, 0.25) is 0 Å². The van der Waals surface area contributed by atoms with Crippen LogP contribution in [0.5, 0.6) is 0 Å². The van der Waals surface area contributed by atoms with Crippen molar-refractivity contribution in [2.24, 2.45) is 0 Å². The lowest BCUT2D eigenvalue weighted by Gasteiger charge is -2.12. The number of carbonyl (C=O) groups excluding carboxylic acids is 1. The maximum Gasteiger partial charge on any atom is 0.367 e. The fourth-order valence-electron chi connectivity index (χ4n) is 3.46. The Balaban J connectivity index is 1.40. The van der Waals surface area contributed by atoms with Crippen LogP contribution in [0.1, 0.15) is 37.7 Å². The van der Waals surface area contributed by atoms with Crippen LogP contribution in [0.15, 0.2) is 62.8 Å². The Morgan fingerprint density at radius 2 is 1.97 bits per heavy atom. The van der Waals surface area contributed by atoms with E-state index in [0.717, 1.165) is 28.8 Å². The van der Waals surface area contributed by atoms with Gasteiger partial charge in [-0.3, -0.25) is 4.79 Å². The van der Waals surface area contributed by atoms with Crippen molar-refractivity contribution in [3.63, 3.8) is 0 Å². The van der Waals surface area contributed by atoms with Crippen LogP contribution in [0.3, 0.4) is 0 Å². The third kappa shape index (κ3) is 4.99. The first-order valence-corrected chi connectivity index (χ1v) is 11.1. The summed E-state index contributed by atoms with van der Waals surface area (Å²) < 4.78 is 2.41. The maximum absolute atomic E-state index is 12.6. The molecule has 0 saturated heterocycles. The Labute approximate surface area is 179 Å². The first-order valence-electron chi connectivity index (χ1n) is 10.2. The smallest absolute Gasteiger partial charge is 0.354 e. The van der Waals surface area contributed by atoms with Crippen molar-refractivity contribution in [3.8, 4) is 0 Å². The lowest BCUT2D eigenvalue weighted by Crippen LogP contribution is -2.33. The van der Waals surface area contributed by atoms with Crippen molar-refractivity contribution < 1.29 is 4.79 Å². The fourth-order valence-corrected chi connectivity index (χ4v) is 4.23. The molecule has 1 aromatic carbocycles. The lowest BCUT2D eigenvalue weighted by atomic mass is 9.97. The van der Waals surface area contributed by atoms with Gasteiger partial charge in [0.05, 0.1) is 0 Å². The van der Waals surface area contributed by atoms with Gasteiger partial charge in [-0.25, -0.2) is 9.48 Å². The van der Waals surface area contributed by atoms with E-state index in [1.807, 2.05) is 37.3 Å². The van der Waals surface area contributed by atoms with E-state index in [2.05, 4.69) is 21.6 Å². The predicted molar refractivity (Wildman–Crippen MR) is 117 cm³/mol. The maximum atomic E-state index is 12.6. The third-order valence-electron chi connectivity index (χ3n) is 5.11. The van der Waals surface area contributed by atoms with Gasteiger partial charge in [0.2, 0.25) is 5.91 Å². The zero-order valence-corrected chi connectivity index (χ0v) is 17.8. The summed E-state index contributed by atoms with van der Waals surface area (Å²) in [6.45, 7) is 2.51. The van der Waals surface area contributed by atoms with Crippen molar-refractivity contribution in [1.29, 1.82) is 0 Å². The van der Waals surface area contributed by atoms with Gasteiger partial charge in [-0.2, -0.15) is 9.61 Å². The predicted octanol–water partition coefficient (Wildman–Crippen LogP) is 3.36. The summed E-state index contributed by atoms with van der Waals surface area (Å²) in [6.07, 6.45) is 7.89. The van der Waals surface area contributed by atoms with Crippen LogP contribution in [0.4, 0.5) is 0 Å². The molecule has 0 atom stereocenters. The summed E-state index contributed by atoms with van der Waals surface area (Å²) in [5.41, 5.74) is 2.61. The summed E-state index contributed by atoms with van der Waals surface area (Å²) in [5, 5.41) is 12.2. The number of allylic oxidation sites excluding steroid dienone is 1. The molecule has 1 N–H and O–H groups in total. The van der Waals surface area contributed by atoms with E-state index in [4.69, 9.17) is 0 Å². The number of hydrogen-bond acceptors (Lipinski definition) is 5. The number of carbonyl (C=O) groups is 1. The molecule has 0 spiro atoms. The summed E-state index contributed by atoms with van der Waals surface area (Å²) >= 11 is 1.48. The minimum atomic E-state index is -0.415. The molecule has 2 heterocycles. The Hall–Kier alpha value is -2.87. The van der Waals surface area contributed by atoms with E-state index in [0.29, 0.717) is 17.2 Å². The Kier molecular flexibility index (Phi) is 6.32. The average molecular weight is 424 g/mol. The molecule has 0 fully saturated rings. The van der Waals surface area contributed by atoms with Crippen LogP contribution in [0.25, 0.3) is 5.65 Å². The third-order valence-corrected chi connectivity index (χ3v) is 6.04. The van der Waals surface area contributed by atoms with Gasteiger partial charge in [-0.05, 0) is 63.3 Å². The Morgan fingerprint density at radius 1 is 1.13 bits per heavy atom. The molecular weight excluding hydrogens is 398 g/mol. The van der Waals surface area contributed by atoms with Gasteiger partial charge in [-0.15, -0.1) is 5.10 Å². The van der Waals surface area contributed by atoms with Gasteiger partial charge in [0.15, 0.2) is 5.65 Å². The number of amides is 1. The number of fused-ring (bicyclic) bond motifs is 1. The number of benzene rings is 1. The van der Waals surface area contributed by atoms with Gasteiger partial charge in [0, 0.05) is 11.4 Å². The quantitative estimate of drug-likeness (QED) is 0.590. The Morgan fingerprint density at radius 3 is 2.73 bits per heavy atom. The molecule has 3 aromatic rings. The first-order chi connectivity index (χ1) is 14.6. The monoisotopic (exact) mass is 423 g/mol. The lowest BCUT2D eigenvalue weighted by molar-refractivity contribution is -0.121. The number of nitrogens with one attached hydrogen (secondary N) is 1. The van der Waals surface area contributed by atoms with Crippen molar-refractivity contribution in [2.45, 2.75) is 55.5 Å². The molecule has 4 rings (SSSR count). The van der Waals surface area contributed by atoms with Crippen LogP contribution in [-0.2, 0) is 11.3 Å². The second kappa shape index (κ2) is 9.30. The minimum absolute atomic E-state index is 0.109. The molecule has 1 aliphatic rings. The second-order valence-corrected chi connectivity index (χ2v) is 8.60. The van der Waals surface area contributed by atoms with Crippen LogP contribution < -0.4 is 11.0 Å². The highest BCUT2D eigenvalue weighted by Gasteiger charge is 2.13. The molecule has 0 aliphatic heterocycles. The summed E-state index contributed by atoms with van der Waals surface area (Å²) in [5.74, 6) is -0.217. The van der Waals surface area contributed by atoms with Crippen LogP contribution >= 0.6 is 11.8 Å². The molecule has 0 unspecified atom stereocenters. The van der Waals surface area contributed by atoms with Gasteiger partial charge < -0.3 is 5.32 Å².